The molecule has 0 aliphatic carbocycles. The molecule has 0 bridgehead atoms. The Bertz CT molecular complexity index is 251. The molecule has 0 N–H and O–H groups in total. The van der Waals surface area contributed by atoms with Crippen LogP contribution in [-0.2, 0) is 6.54 Å². The fraction of sp³-hybridized carbons (Fsp3) is 0.400. The average Bonchev–Trinajstić information content (AvgIpc) is 2.06. The minimum atomic E-state index is 0.276. The second-order valence-corrected chi connectivity index (χ2v) is 3.18. The summed E-state index contributed by atoms with van der Waals surface area (Å²) in [6, 6.07) is 8.00. The van der Waals surface area contributed by atoms with Crippen LogP contribution in [0.2, 0.25) is 0 Å². The van der Waals surface area contributed by atoms with E-state index in [1.807, 2.05) is 24.3 Å². The van der Waals surface area contributed by atoms with Gasteiger partial charge >= 0.3 is 0 Å². The van der Waals surface area contributed by atoms with E-state index in [4.69, 9.17) is 0 Å². The number of benzene rings is 1. The van der Waals surface area contributed by atoms with Crippen LogP contribution in [0.15, 0.2) is 29.4 Å². The normalized spacial score (nSPS) is 10.2. The Labute approximate surface area is 72.6 Å². The van der Waals surface area contributed by atoms with E-state index in [-0.39, 0.29) is 6.54 Å². The molecule has 0 spiro atoms. The first-order valence-electron chi connectivity index (χ1n) is 4.12. The van der Waals surface area contributed by atoms with Crippen LogP contribution < -0.4 is 0 Å². The first-order chi connectivity index (χ1) is 5.74. The maximum atomic E-state index is 9.94. The Balaban J connectivity index is 2.78. The van der Waals surface area contributed by atoms with Gasteiger partial charge in [-0.15, -0.1) is 0 Å². The molecular formula is C10H13NO. The van der Waals surface area contributed by atoms with Gasteiger partial charge in [-0.2, -0.15) is 4.91 Å². The maximum Gasteiger partial charge on any atom is 0.106 e. The van der Waals surface area contributed by atoms with Crippen LogP contribution in [-0.4, -0.2) is 0 Å². The van der Waals surface area contributed by atoms with Gasteiger partial charge in [0.25, 0.3) is 0 Å². The highest BCUT2D eigenvalue weighted by atomic mass is 16.3. The van der Waals surface area contributed by atoms with Gasteiger partial charge in [0.2, 0.25) is 0 Å². The lowest BCUT2D eigenvalue weighted by atomic mass is 10.0. The summed E-state index contributed by atoms with van der Waals surface area (Å²) in [6.07, 6.45) is 0. The molecule has 0 aliphatic rings. The molecule has 0 saturated carbocycles. The minimum Gasteiger partial charge on any atom is -0.150 e. The molecule has 2 heteroatoms. The van der Waals surface area contributed by atoms with Gasteiger partial charge in [-0.3, -0.25) is 0 Å². The molecule has 0 aromatic heterocycles. The van der Waals surface area contributed by atoms with Crippen molar-refractivity contribution in [3.05, 3.63) is 40.3 Å². The van der Waals surface area contributed by atoms with Gasteiger partial charge in [-0.1, -0.05) is 43.3 Å². The van der Waals surface area contributed by atoms with Gasteiger partial charge in [0.05, 0.1) is 0 Å². The van der Waals surface area contributed by atoms with E-state index >= 15 is 0 Å². The van der Waals surface area contributed by atoms with Crippen LogP contribution in [0.5, 0.6) is 0 Å². The van der Waals surface area contributed by atoms with Crippen LogP contribution in [0.25, 0.3) is 0 Å². The third-order valence-corrected chi connectivity index (χ3v) is 1.89. The van der Waals surface area contributed by atoms with Crippen LogP contribution in [0.4, 0.5) is 0 Å². The number of nitrogens with zero attached hydrogens (tertiary/aromatic N) is 1. The minimum absolute atomic E-state index is 0.276. The predicted octanol–water partition coefficient (Wildman–Crippen LogP) is 3.08. The van der Waals surface area contributed by atoms with Crippen LogP contribution >= 0.6 is 0 Å². The lowest BCUT2D eigenvalue weighted by Gasteiger charge is -2.04. The highest BCUT2D eigenvalue weighted by Crippen LogP contribution is 2.14. The Hall–Kier alpha value is -1.18. The summed E-state index contributed by atoms with van der Waals surface area (Å²) in [5.74, 6) is 0.545. The predicted molar refractivity (Wildman–Crippen MR) is 50.0 cm³/mol. The second-order valence-electron chi connectivity index (χ2n) is 3.18. The molecule has 1 rings (SSSR count). The summed E-state index contributed by atoms with van der Waals surface area (Å²) in [5.41, 5.74) is 2.28. The number of rotatable bonds is 3. The van der Waals surface area contributed by atoms with Gasteiger partial charge in [-0.05, 0) is 17.0 Å². The zero-order chi connectivity index (χ0) is 8.97. The molecular weight excluding hydrogens is 150 g/mol. The lowest BCUT2D eigenvalue weighted by Crippen LogP contribution is -1.87. The van der Waals surface area contributed by atoms with Crippen LogP contribution in [0.3, 0.4) is 0 Å². The molecule has 1 aromatic rings. The third-order valence-electron chi connectivity index (χ3n) is 1.89. The lowest BCUT2D eigenvalue weighted by molar-refractivity contribution is 0.864. The van der Waals surface area contributed by atoms with E-state index < -0.39 is 0 Å². The fourth-order valence-corrected chi connectivity index (χ4v) is 1.08. The fourth-order valence-electron chi connectivity index (χ4n) is 1.08. The largest absolute Gasteiger partial charge is 0.150 e. The van der Waals surface area contributed by atoms with E-state index in [9.17, 15) is 4.91 Å². The summed E-state index contributed by atoms with van der Waals surface area (Å²) in [4.78, 5) is 9.94. The Morgan fingerprint density at radius 3 is 2.25 bits per heavy atom. The number of hydrogen-bond acceptors (Lipinski definition) is 2. The molecule has 0 heterocycles. The third kappa shape index (κ3) is 2.16. The van der Waals surface area contributed by atoms with Crippen molar-refractivity contribution >= 4 is 0 Å². The number of nitroso groups, excluding NO2 is 1. The molecule has 12 heavy (non-hydrogen) atoms. The van der Waals surface area contributed by atoms with Gasteiger partial charge in [0.15, 0.2) is 0 Å². The molecule has 0 saturated heterocycles. The second kappa shape index (κ2) is 4.00. The van der Waals surface area contributed by atoms with Crippen molar-refractivity contribution in [2.75, 3.05) is 0 Å². The Morgan fingerprint density at radius 2 is 1.83 bits per heavy atom. The van der Waals surface area contributed by atoms with Gasteiger partial charge in [-0.25, -0.2) is 0 Å². The van der Waals surface area contributed by atoms with Crippen LogP contribution in [0.1, 0.15) is 30.9 Å². The van der Waals surface area contributed by atoms with E-state index in [0.29, 0.717) is 5.92 Å². The summed E-state index contributed by atoms with van der Waals surface area (Å²) in [6.45, 7) is 4.57. The van der Waals surface area contributed by atoms with E-state index in [2.05, 4.69) is 19.0 Å². The van der Waals surface area contributed by atoms with Crippen LogP contribution in [0, 0.1) is 4.91 Å². The molecule has 0 atom stereocenters. The van der Waals surface area contributed by atoms with Gasteiger partial charge in [0.1, 0.15) is 6.54 Å². The quantitative estimate of drug-likeness (QED) is 0.629. The summed E-state index contributed by atoms with van der Waals surface area (Å²) in [7, 11) is 0. The average molecular weight is 163 g/mol. The highest BCUT2D eigenvalue weighted by molar-refractivity contribution is 5.24. The highest BCUT2D eigenvalue weighted by Gasteiger charge is 1.97. The summed E-state index contributed by atoms with van der Waals surface area (Å²) < 4.78 is 0. The van der Waals surface area contributed by atoms with Crippen molar-refractivity contribution in [3.63, 3.8) is 0 Å². The Morgan fingerprint density at radius 1 is 1.25 bits per heavy atom. The Kier molecular flexibility index (Phi) is 2.97. The molecule has 0 radical (unpaired) electrons. The van der Waals surface area contributed by atoms with Crippen molar-refractivity contribution in [1.29, 1.82) is 0 Å². The van der Waals surface area contributed by atoms with Crippen molar-refractivity contribution in [2.45, 2.75) is 26.3 Å². The van der Waals surface area contributed by atoms with Crippen molar-refractivity contribution in [3.8, 4) is 0 Å². The summed E-state index contributed by atoms with van der Waals surface area (Å²) >= 11 is 0. The summed E-state index contributed by atoms with van der Waals surface area (Å²) in [5, 5.41) is 2.83. The van der Waals surface area contributed by atoms with Gasteiger partial charge < -0.3 is 0 Å². The standard InChI is InChI=1S/C10H13NO/c1-8(2)10-5-3-9(4-6-10)7-11-12/h3-6,8H,7H2,1-2H3. The zero-order valence-electron chi connectivity index (χ0n) is 7.45. The molecule has 2 nitrogen and oxygen atoms in total. The first-order valence-corrected chi connectivity index (χ1v) is 4.12. The van der Waals surface area contributed by atoms with Crippen molar-refractivity contribution < 1.29 is 0 Å². The zero-order valence-corrected chi connectivity index (χ0v) is 7.45. The molecule has 0 unspecified atom stereocenters. The van der Waals surface area contributed by atoms with Crippen molar-refractivity contribution in [2.24, 2.45) is 5.18 Å². The SMILES string of the molecule is CC(C)c1ccc(CN=O)cc1. The topological polar surface area (TPSA) is 29.4 Å². The van der Waals surface area contributed by atoms with E-state index in [0.717, 1.165) is 5.56 Å². The number of hydrogen-bond donors (Lipinski definition) is 0. The molecule has 0 fully saturated rings. The molecule has 64 valence electrons. The monoisotopic (exact) mass is 163 g/mol. The molecule has 0 aliphatic heterocycles. The first kappa shape index (κ1) is 8.91. The molecule has 0 amide bonds. The smallest absolute Gasteiger partial charge is 0.106 e. The maximum absolute atomic E-state index is 9.94. The molecule has 1 aromatic carbocycles. The van der Waals surface area contributed by atoms with E-state index in [1.54, 1.807) is 0 Å². The van der Waals surface area contributed by atoms with Crippen molar-refractivity contribution in [1.82, 2.24) is 0 Å². The van der Waals surface area contributed by atoms with E-state index in [1.165, 1.54) is 5.56 Å². The van der Waals surface area contributed by atoms with Gasteiger partial charge in [0, 0.05) is 0 Å².